The predicted octanol–water partition coefficient (Wildman–Crippen LogP) is 2.60. The minimum absolute atomic E-state index is 0.137. The van der Waals surface area contributed by atoms with Crippen LogP contribution >= 0.6 is 0 Å². The highest BCUT2D eigenvalue weighted by molar-refractivity contribution is 5.87. The zero-order chi connectivity index (χ0) is 10.4. The number of carbonyl (C=O) groups excluding carboxylic acids is 1. The smallest absolute Gasteiger partial charge is 0.245 e. The lowest BCUT2D eigenvalue weighted by molar-refractivity contribution is -0.125. The van der Waals surface area contributed by atoms with Crippen LogP contribution in [0.15, 0.2) is 12.2 Å². The van der Waals surface area contributed by atoms with Crippen molar-refractivity contribution in [3.8, 4) is 0 Å². The van der Waals surface area contributed by atoms with Crippen molar-refractivity contribution >= 4 is 5.91 Å². The van der Waals surface area contributed by atoms with E-state index in [9.17, 15) is 4.79 Å². The molecule has 0 aromatic carbocycles. The second kappa shape index (κ2) is 5.84. The number of nitrogens with zero attached hydrogens (tertiary/aromatic N) is 1. The zero-order valence-electron chi connectivity index (χ0n) is 9.33. The fraction of sp³-hybridized carbons (Fsp3) is 0.750. The van der Waals surface area contributed by atoms with E-state index in [4.69, 9.17) is 0 Å². The summed E-state index contributed by atoms with van der Waals surface area (Å²) < 4.78 is 0. The van der Waals surface area contributed by atoms with Gasteiger partial charge in [0.05, 0.1) is 0 Å². The monoisotopic (exact) mass is 195 g/mol. The summed E-state index contributed by atoms with van der Waals surface area (Å²) in [5, 5.41) is 0. The van der Waals surface area contributed by atoms with E-state index in [1.807, 2.05) is 18.9 Å². The predicted molar refractivity (Wildman–Crippen MR) is 59.0 cm³/mol. The van der Waals surface area contributed by atoms with E-state index in [-0.39, 0.29) is 5.91 Å². The largest absolute Gasteiger partial charge is 0.342 e. The van der Waals surface area contributed by atoms with Gasteiger partial charge in [-0.1, -0.05) is 25.3 Å². The third-order valence-electron chi connectivity index (χ3n) is 2.94. The zero-order valence-corrected chi connectivity index (χ0v) is 9.33. The van der Waals surface area contributed by atoms with Gasteiger partial charge in [0.25, 0.3) is 0 Å². The number of hydrogen-bond donors (Lipinski definition) is 0. The van der Waals surface area contributed by atoms with Crippen molar-refractivity contribution in [2.75, 3.05) is 13.6 Å². The summed E-state index contributed by atoms with van der Waals surface area (Å²) in [6, 6.07) is 0. The van der Waals surface area contributed by atoms with Gasteiger partial charge in [-0.25, -0.2) is 0 Å². The summed E-state index contributed by atoms with van der Waals surface area (Å²) in [7, 11) is 1.90. The molecular weight excluding hydrogens is 174 g/mol. The van der Waals surface area contributed by atoms with Gasteiger partial charge >= 0.3 is 0 Å². The summed E-state index contributed by atoms with van der Waals surface area (Å²) in [5.74, 6) is 0.876. The first-order valence-electron chi connectivity index (χ1n) is 5.62. The molecular formula is C12H21NO. The molecule has 0 saturated heterocycles. The van der Waals surface area contributed by atoms with Gasteiger partial charge in [0, 0.05) is 13.6 Å². The van der Waals surface area contributed by atoms with Crippen LogP contribution in [0.2, 0.25) is 0 Å². The molecule has 0 N–H and O–H groups in total. The third-order valence-corrected chi connectivity index (χ3v) is 2.94. The lowest BCUT2D eigenvalue weighted by Crippen LogP contribution is -2.31. The van der Waals surface area contributed by atoms with E-state index in [1.54, 1.807) is 12.2 Å². The van der Waals surface area contributed by atoms with Crippen molar-refractivity contribution in [1.82, 2.24) is 4.90 Å². The standard InChI is InChI=1S/C12H21NO/c1-3-7-12(14)13(2)10-11-8-5-4-6-9-11/h3,7,11H,4-6,8-10H2,1-2H3. The van der Waals surface area contributed by atoms with Gasteiger partial charge in [-0.3, -0.25) is 4.79 Å². The molecule has 0 aromatic rings. The SMILES string of the molecule is CC=CC(=O)N(C)CC1CCCCC1. The Morgan fingerprint density at radius 2 is 2.00 bits per heavy atom. The van der Waals surface area contributed by atoms with Gasteiger partial charge in [-0.2, -0.15) is 0 Å². The first-order chi connectivity index (χ1) is 6.74. The lowest BCUT2D eigenvalue weighted by Gasteiger charge is -2.26. The molecule has 1 fully saturated rings. The highest BCUT2D eigenvalue weighted by Crippen LogP contribution is 2.24. The van der Waals surface area contributed by atoms with Crippen molar-refractivity contribution in [1.29, 1.82) is 0 Å². The molecule has 2 heteroatoms. The van der Waals surface area contributed by atoms with Crippen LogP contribution in [0.25, 0.3) is 0 Å². The first-order valence-corrected chi connectivity index (χ1v) is 5.62. The minimum atomic E-state index is 0.137. The van der Waals surface area contributed by atoms with Gasteiger partial charge in [-0.15, -0.1) is 0 Å². The van der Waals surface area contributed by atoms with E-state index < -0.39 is 0 Å². The molecule has 0 aliphatic heterocycles. The third kappa shape index (κ3) is 3.52. The van der Waals surface area contributed by atoms with Gasteiger partial charge in [0.1, 0.15) is 0 Å². The van der Waals surface area contributed by atoms with Crippen LogP contribution < -0.4 is 0 Å². The molecule has 2 nitrogen and oxygen atoms in total. The fourth-order valence-corrected chi connectivity index (χ4v) is 2.12. The van der Waals surface area contributed by atoms with Crippen molar-refractivity contribution in [2.45, 2.75) is 39.0 Å². The molecule has 0 aromatic heterocycles. The van der Waals surface area contributed by atoms with E-state index in [0.717, 1.165) is 12.5 Å². The Kier molecular flexibility index (Phi) is 4.71. The number of carbonyl (C=O) groups is 1. The van der Waals surface area contributed by atoms with Gasteiger partial charge in [0.15, 0.2) is 0 Å². The molecule has 14 heavy (non-hydrogen) atoms. The van der Waals surface area contributed by atoms with Crippen LogP contribution in [0.5, 0.6) is 0 Å². The van der Waals surface area contributed by atoms with Crippen molar-refractivity contribution in [3.63, 3.8) is 0 Å². The van der Waals surface area contributed by atoms with E-state index in [2.05, 4.69) is 0 Å². The molecule has 0 spiro atoms. The first kappa shape index (κ1) is 11.3. The van der Waals surface area contributed by atoms with E-state index >= 15 is 0 Å². The molecule has 1 saturated carbocycles. The number of allylic oxidation sites excluding steroid dienone is 1. The van der Waals surface area contributed by atoms with E-state index in [1.165, 1.54) is 32.1 Å². The van der Waals surface area contributed by atoms with E-state index in [0.29, 0.717) is 0 Å². The van der Waals surface area contributed by atoms with Crippen LogP contribution in [0.3, 0.4) is 0 Å². The molecule has 1 amide bonds. The van der Waals surface area contributed by atoms with Gasteiger partial charge < -0.3 is 4.90 Å². The van der Waals surface area contributed by atoms with Crippen LogP contribution in [-0.2, 0) is 4.79 Å². The molecule has 0 unspecified atom stereocenters. The molecule has 0 bridgehead atoms. The number of amides is 1. The Hall–Kier alpha value is -0.790. The van der Waals surface area contributed by atoms with Gasteiger partial charge in [-0.05, 0) is 31.8 Å². The fourth-order valence-electron chi connectivity index (χ4n) is 2.12. The lowest BCUT2D eigenvalue weighted by atomic mass is 9.89. The second-order valence-corrected chi connectivity index (χ2v) is 4.22. The molecule has 1 aliphatic rings. The maximum Gasteiger partial charge on any atom is 0.245 e. The van der Waals surface area contributed by atoms with Crippen molar-refractivity contribution in [3.05, 3.63) is 12.2 Å². The molecule has 0 atom stereocenters. The normalized spacial score (nSPS) is 18.7. The Labute approximate surface area is 87.0 Å². The van der Waals surface area contributed by atoms with Crippen molar-refractivity contribution < 1.29 is 4.79 Å². The molecule has 80 valence electrons. The number of rotatable bonds is 3. The quantitative estimate of drug-likeness (QED) is 0.634. The van der Waals surface area contributed by atoms with Crippen LogP contribution in [0, 0.1) is 5.92 Å². The molecule has 1 aliphatic carbocycles. The average molecular weight is 195 g/mol. The minimum Gasteiger partial charge on any atom is -0.342 e. The summed E-state index contributed by atoms with van der Waals surface area (Å²) in [6.45, 7) is 2.82. The van der Waals surface area contributed by atoms with Crippen LogP contribution in [-0.4, -0.2) is 24.4 Å². The van der Waals surface area contributed by atoms with Crippen molar-refractivity contribution in [2.24, 2.45) is 5.92 Å². The average Bonchev–Trinajstić information content (AvgIpc) is 2.19. The topological polar surface area (TPSA) is 20.3 Å². The van der Waals surface area contributed by atoms with Crippen LogP contribution in [0.4, 0.5) is 0 Å². The summed E-state index contributed by atoms with van der Waals surface area (Å²) >= 11 is 0. The molecule has 0 radical (unpaired) electrons. The van der Waals surface area contributed by atoms with Gasteiger partial charge in [0.2, 0.25) is 5.91 Å². The second-order valence-electron chi connectivity index (χ2n) is 4.22. The molecule has 1 rings (SSSR count). The number of likely N-dealkylation sites (N-methyl/N-ethyl adjacent to an activating group) is 1. The summed E-state index contributed by atoms with van der Waals surface area (Å²) in [5.41, 5.74) is 0. The molecule has 0 heterocycles. The Balaban J connectivity index is 2.31. The summed E-state index contributed by atoms with van der Waals surface area (Å²) in [6.07, 6.45) is 10.1. The Morgan fingerprint density at radius 1 is 1.36 bits per heavy atom. The Morgan fingerprint density at radius 3 is 2.57 bits per heavy atom. The maximum atomic E-state index is 11.5. The highest BCUT2D eigenvalue weighted by Gasteiger charge is 2.16. The van der Waals surface area contributed by atoms with Crippen LogP contribution in [0.1, 0.15) is 39.0 Å². The number of hydrogen-bond acceptors (Lipinski definition) is 1. The Bertz CT molecular complexity index is 204. The summed E-state index contributed by atoms with van der Waals surface area (Å²) in [4.78, 5) is 13.3. The highest BCUT2D eigenvalue weighted by atomic mass is 16.2. The maximum absolute atomic E-state index is 11.5.